The third-order valence-electron chi connectivity index (χ3n) is 10.0. The first-order chi connectivity index (χ1) is 24.0. The van der Waals surface area contributed by atoms with Crippen LogP contribution in [0.4, 0.5) is 10.1 Å². The van der Waals surface area contributed by atoms with E-state index in [0.717, 1.165) is 31.1 Å². The van der Waals surface area contributed by atoms with Gasteiger partial charge in [0.1, 0.15) is 17.3 Å². The number of aryl methyl sites for hydroxylation is 1. The number of aromatic hydroxyl groups is 2. The third-order valence-corrected chi connectivity index (χ3v) is 10.0. The van der Waals surface area contributed by atoms with Crippen LogP contribution in [0.3, 0.4) is 0 Å². The summed E-state index contributed by atoms with van der Waals surface area (Å²) < 4.78 is 15.9. The van der Waals surface area contributed by atoms with Crippen LogP contribution in [0.15, 0.2) is 78.9 Å². The lowest BCUT2D eigenvalue weighted by Crippen LogP contribution is -2.32. The van der Waals surface area contributed by atoms with Crippen molar-refractivity contribution >= 4 is 22.5 Å². The van der Waals surface area contributed by atoms with E-state index in [1.165, 1.54) is 89.9 Å². The molecule has 3 N–H and O–H groups in total. The molecule has 0 spiro atoms. The molecule has 2 atom stereocenters. The third kappa shape index (κ3) is 8.75. The van der Waals surface area contributed by atoms with E-state index in [4.69, 9.17) is 0 Å². The Morgan fingerprint density at radius 2 is 1.58 bits per heavy atom. The molecule has 1 heterocycles. The first kappa shape index (κ1) is 36.7. The molecule has 7 heteroatoms. The molecule has 1 amide bonds. The number of carbonyl (C=O) groups is 1. The number of fused-ring (bicyclic) bond motifs is 1. The van der Waals surface area contributed by atoms with E-state index in [2.05, 4.69) is 74.5 Å². The van der Waals surface area contributed by atoms with Crippen LogP contribution < -0.4 is 5.32 Å². The Morgan fingerprint density at radius 3 is 2.26 bits per heavy atom. The van der Waals surface area contributed by atoms with E-state index in [1.54, 1.807) is 6.07 Å². The molecular formula is C43H52FN3O3. The molecule has 264 valence electrons. The van der Waals surface area contributed by atoms with Gasteiger partial charge in [-0.3, -0.25) is 4.79 Å². The maximum Gasteiger partial charge on any atom is 0.255 e. The number of nitrogens with one attached hydrogen (secondary N) is 1. The van der Waals surface area contributed by atoms with Crippen LogP contribution in [0, 0.1) is 31.5 Å². The minimum absolute atomic E-state index is 0.170. The quantitative estimate of drug-likeness (QED) is 0.103. The second-order valence-electron chi connectivity index (χ2n) is 14.1. The fraction of sp³-hybridized carbons (Fsp3) is 0.372. The molecule has 0 saturated heterocycles. The lowest BCUT2D eigenvalue weighted by atomic mass is 10.0. The highest BCUT2D eigenvalue weighted by Gasteiger charge is 2.18. The zero-order valence-corrected chi connectivity index (χ0v) is 30.4. The fourth-order valence-corrected chi connectivity index (χ4v) is 6.93. The van der Waals surface area contributed by atoms with Crippen LogP contribution in [0.25, 0.3) is 22.0 Å². The summed E-state index contributed by atoms with van der Waals surface area (Å²) in [5, 5.41) is 25.3. The van der Waals surface area contributed by atoms with Gasteiger partial charge < -0.3 is 25.0 Å². The number of carbonyl (C=O) groups excluding carboxylic acids is 1. The highest BCUT2D eigenvalue weighted by atomic mass is 19.1. The Hall–Kier alpha value is -4.62. The van der Waals surface area contributed by atoms with Gasteiger partial charge in [-0.2, -0.15) is 0 Å². The summed E-state index contributed by atoms with van der Waals surface area (Å²) >= 11 is 0. The van der Waals surface area contributed by atoms with Crippen molar-refractivity contribution in [2.45, 2.75) is 73.8 Å². The van der Waals surface area contributed by atoms with Gasteiger partial charge in [-0.1, -0.05) is 64.4 Å². The van der Waals surface area contributed by atoms with Gasteiger partial charge >= 0.3 is 0 Å². The summed E-state index contributed by atoms with van der Waals surface area (Å²) in [4.78, 5) is 15.9. The maximum atomic E-state index is 13.4. The predicted octanol–water partition coefficient (Wildman–Crippen LogP) is 10.1. The smallest absolute Gasteiger partial charge is 0.255 e. The Balaban J connectivity index is 1.27. The lowest BCUT2D eigenvalue weighted by molar-refractivity contribution is 0.102. The minimum Gasteiger partial charge on any atom is -0.507 e. The Kier molecular flexibility index (Phi) is 12.0. The number of hydrogen-bond donors (Lipinski definition) is 3. The van der Waals surface area contributed by atoms with Crippen molar-refractivity contribution in [1.29, 1.82) is 0 Å². The average molecular weight is 678 g/mol. The van der Waals surface area contributed by atoms with E-state index >= 15 is 0 Å². The zero-order valence-electron chi connectivity index (χ0n) is 30.4. The molecule has 4 aromatic carbocycles. The topological polar surface area (TPSA) is 77.7 Å². The predicted molar refractivity (Wildman–Crippen MR) is 204 cm³/mol. The highest BCUT2D eigenvalue weighted by molar-refractivity contribution is 6.05. The molecule has 5 aromatic rings. The van der Waals surface area contributed by atoms with Crippen molar-refractivity contribution in [3.8, 4) is 22.6 Å². The van der Waals surface area contributed by atoms with E-state index in [1.807, 2.05) is 18.2 Å². The zero-order chi connectivity index (χ0) is 35.9. The SMILES string of the molecule is CCCN(CCC(C)CC)CC(C)Cn1c(C)c(C)c2cc(Cc3cccc(C(=O)Nc4cc(O)c(-c5ccc(F)cc5)c(O)c4)c3)ccc21. The van der Waals surface area contributed by atoms with Gasteiger partial charge in [0.2, 0.25) is 0 Å². The summed E-state index contributed by atoms with van der Waals surface area (Å²) in [7, 11) is 0. The van der Waals surface area contributed by atoms with Crippen molar-refractivity contribution in [3.63, 3.8) is 0 Å². The molecule has 2 unspecified atom stereocenters. The van der Waals surface area contributed by atoms with Crippen molar-refractivity contribution < 1.29 is 19.4 Å². The fourth-order valence-electron chi connectivity index (χ4n) is 6.93. The van der Waals surface area contributed by atoms with E-state index in [-0.39, 0.29) is 28.7 Å². The van der Waals surface area contributed by atoms with Crippen LogP contribution in [0.1, 0.15) is 79.7 Å². The average Bonchev–Trinajstić information content (AvgIpc) is 3.31. The monoisotopic (exact) mass is 677 g/mol. The van der Waals surface area contributed by atoms with Crippen LogP contribution in [0.2, 0.25) is 0 Å². The molecule has 0 aliphatic carbocycles. The summed E-state index contributed by atoms with van der Waals surface area (Å²) in [5.74, 6) is 0.0796. The molecule has 0 saturated carbocycles. The van der Waals surface area contributed by atoms with Gasteiger partial charge in [0.05, 0.1) is 5.56 Å². The van der Waals surface area contributed by atoms with E-state index in [0.29, 0.717) is 23.5 Å². The summed E-state index contributed by atoms with van der Waals surface area (Å²) in [5.41, 5.74) is 7.42. The molecule has 0 bridgehead atoms. The van der Waals surface area contributed by atoms with Crippen molar-refractivity contribution in [2.24, 2.45) is 11.8 Å². The number of phenols is 2. The molecule has 5 rings (SSSR count). The van der Waals surface area contributed by atoms with Crippen molar-refractivity contribution in [2.75, 3.05) is 25.0 Å². The largest absolute Gasteiger partial charge is 0.507 e. The van der Waals surface area contributed by atoms with Crippen LogP contribution in [-0.4, -0.2) is 45.2 Å². The number of halogens is 1. The second-order valence-corrected chi connectivity index (χ2v) is 14.1. The molecule has 0 fully saturated rings. The van der Waals surface area contributed by atoms with Gasteiger partial charge in [-0.05, 0) is 117 Å². The molecule has 50 heavy (non-hydrogen) atoms. The molecule has 0 aliphatic heterocycles. The Labute approximate surface area is 296 Å². The minimum atomic E-state index is -0.415. The normalized spacial score (nSPS) is 12.8. The number of benzene rings is 4. The standard InChI is InChI=1S/C43H52FN3O3/c1-7-19-46(20-18-28(3)8-2)26-29(4)27-47-31(6)30(5)38-23-33(12-17-39(38)47)21-32-10-9-11-35(22-32)43(50)45-37-24-40(48)42(41(49)25-37)34-13-15-36(44)16-14-34/h9-17,22-25,28-29,48-49H,7-8,18-21,26-27H2,1-6H3,(H,45,50). The molecular weight excluding hydrogens is 625 g/mol. The first-order valence-electron chi connectivity index (χ1n) is 18.0. The molecule has 0 radical (unpaired) electrons. The summed E-state index contributed by atoms with van der Waals surface area (Å²) in [6.45, 7) is 18.1. The summed E-state index contributed by atoms with van der Waals surface area (Å²) in [6.07, 6.45) is 4.35. The number of aromatic nitrogens is 1. The highest BCUT2D eigenvalue weighted by Crippen LogP contribution is 2.40. The Morgan fingerprint density at radius 1 is 0.880 bits per heavy atom. The number of rotatable bonds is 15. The lowest BCUT2D eigenvalue weighted by Gasteiger charge is -2.27. The Bertz CT molecular complexity index is 1910. The van der Waals surface area contributed by atoms with Gasteiger partial charge in [0.25, 0.3) is 5.91 Å². The van der Waals surface area contributed by atoms with E-state index in [9.17, 15) is 19.4 Å². The number of hydrogen-bond acceptors (Lipinski definition) is 4. The van der Waals surface area contributed by atoms with Crippen LogP contribution >= 0.6 is 0 Å². The van der Waals surface area contributed by atoms with Gasteiger partial charge in [-0.25, -0.2) is 4.39 Å². The van der Waals surface area contributed by atoms with Gasteiger partial charge in [0, 0.05) is 53.1 Å². The molecule has 0 aliphatic rings. The van der Waals surface area contributed by atoms with Gasteiger partial charge in [0.15, 0.2) is 0 Å². The maximum absolute atomic E-state index is 13.4. The van der Waals surface area contributed by atoms with Crippen molar-refractivity contribution in [1.82, 2.24) is 9.47 Å². The van der Waals surface area contributed by atoms with E-state index < -0.39 is 5.82 Å². The molecule has 6 nitrogen and oxygen atoms in total. The number of amides is 1. The van der Waals surface area contributed by atoms with Gasteiger partial charge in [-0.15, -0.1) is 0 Å². The molecule has 1 aromatic heterocycles. The number of anilines is 1. The number of phenolic OH excluding ortho intramolecular Hbond substituents is 2. The van der Waals surface area contributed by atoms with Crippen LogP contribution in [-0.2, 0) is 13.0 Å². The first-order valence-corrected chi connectivity index (χ1v) is 18.0. The number of nitrogens with zero attached hydrogens (tertiary/aromatic N) is 2. The van der Waals surface area contributed by atoms with Crippen LogP contribution in [0.5, 0.6) is 11.5 Å². The van der Waals surface area contributed by atoms with Crippen molar-refractivity contribution in [3.05, 3.63) is 113 Å². The second kappa shape index (κ2) is 16.4. The summed E-state index contributed by atoms with van der Waals surface area (Å²) in [6, 6.07) is 22.4.